The molecule has 0 aliphatic heterocycles. The maximum Gasteiger partial charge on any atom is 0.162 e. The van der Waals surface area contributed by atoms with Crippen molar-refractivity contribution in [1.82, 2.24) is 9.97 Å². The zero-order chi connectivity index (χ0) is 18.1. The number of aliphatic hydroxyl groups is 1. The van der Waals surface area contributed by atoms with Gasteiger partial charge in [0, 0.05) is 23.5 Å². The van der Waals surface area contributed by atoms with Crippen LogP contribution in [-0.2, 0) is 0 Å². The van der Waals surface area contributed by atoms with Gasteiger partial charge >= 0.3 is 0 Å². The van der Waals surface area contributed by atoms with Crippen LogP contribution in [0.5, 0.6) is 5.75 Å². The van der Waals surface area contributed by atoms with Gasteiger partial charge < -0.3 is 14.7 Å². The van der Waals surface area contributed by atoms with Crippen LogP contribution in [0.4, 0.5) is 5.82 Å². The van der Waals surface area contributed by atoms with Crippen LogP contribution < -0.4 is 9.64 Å². The van der Waals surface area contributed by atoms with Crippen molar-refractivity contribution in [2.45, 2.75) is 31.9 Å². The van der Waals surface area contributed by atoms with E-state index < -0.39 is 6.10 Å². The summed E-state index contributed by atoms with van der Waals surface area (Å²) in [5.74, 6) is 2.36. The molecule has 1 heterocycles. The molecule has 0 unspecified atom stereocenters. The first-order valence-electron chi connectivity index (χ1n) is 9.01. The average Bonchev–Trinajstić information content (AvgIpc) is 3.50. The molecule has 1 atom stereocenters. The van der Waals surface area contributed by atoms with E-state index in [1.54, 1.807) is 7.11 Å². The lowest BCUT2D eigenvalue weighted by molar-refractivity contribution is 0.199. The number of para-hydroxylation sites is 1. The number of fused-ring (bicyclic) bond motifs is 1. The van der Waals surface area contributed by atoms with Crippen LogP contribution in [0.15, 0.2) is 48.5 Å². The number of anilines is 1. The zero-order valence-electron chi connectivity index (χ0n) is 15.1. The molecule has 1 aliphatic rings. The van der Waals surface area contributed by atoms with E-state index in [0.29, 0.717) is 18.4 Å². The number of methoxy groups -OCH3 is 1. The molecule has 0 radical (unpaired) electrons. The zero-order valence-corrected chi connectivity index (χ0v) is 15.1. The van der Waals surface area contributed by atoms with Gasteiger partial charge in [0.15, 0.2) is 5.82 Å². The van der Waals surface area contributed by atoms with Gasteiger partial charge in [-0.05, 0) is 44.0 Å². The van der Waals surface area contributed by atoms with Crippen LogP contribution in [0, 0.1) is 0 Å². The van der Waals surface area contributed by atoms with E-state index in [4.69, 9.17) is 14.7 Å². The summed E-state index contributed by atoms with van der Waals surface area (Å²) >= 11 is 0. The molecule has 1 aromatic heterocycles. The number of benzene rings is 2. The van der Waals surface area contributed by atoms with Crippen molar-refractivity contribution >= 4 is 16.7 Å². The minimum absolute atomic E-state index is 0.412. The largest absolute Gasteiger partial charge is 0.497 e. The molecule has 5 heteroatoms. The molecule has 0 amide bonds. The normalized spacial score (nSPS) is 15.0. The molecule has 134 valence electrons. The molecule has 1 fully saturated rings. The van der Waals surface area contributed by atoms with Crippen LogP contribution >= 0.6 is 0 Å². The summed E-state index contributed by atoms with van der Waals surface area (Å²) in [5, 5.41) is 11.0. The van der Waals surface area contributed by atoms with Gasteiger partial charge in [-0.2, -0.15) is 0 Å². The second-order valence-electron chi connectivity index (χ2n) is 6.85. The van der Waals surface area contributed by atoms with Gasteiger partial charge in [0.05, 0.1) is 18.7 Å². The van der Waals surface area contributed by atoms with Crippen molar-refractivity contribution in [3.8, 4) is 17.1 Å². The monoisotopic (exact) mass is 349 g/mol. The highest BCUT2D eigenvalue weighted by Gasteiger charge is 2.32. The van der Waals surface area contributed by atoms with Gasteiger partial charge in [0.25, 0.3) is 0 Å². The molecule has 1 N–H and O–H groups in total. The van der Waals surface area contributed by atoms with Gasteiger partial charge in [0.2, 0.25) is 0 Å². The van der Waals surface area contributed by atoms with Crippen molar-refractivity contribution < 1.29 is 9.84 Å². The Morgan fingerprint density at radius 2 is 1.96 bits per heavy atom. The van der Waals surface area contributed by atoms with Crippen LogP contribution in [0.3, 0.4) is 0 Å². The summed E-state index contributed by atoms with van der Waals surface area (Å²) in [5.41, 5.74) is 1.83. The maximum absolute atomic E-state index is 9.99. The summed E-state index contributed by atoms with van der Waals surface area (Å²) in [7, 11) is 1.66. The smallest absolute Gasteiger partial charge is 0.162 e. The van der Waals surface area contributed by atoms with E-state index in [1.807, 2.05) is 49.4 Å². The van der Waals surface area contributed by atoms with Crippen molar-refractivity contribution in [3.05, 3.63) is 48.5 Å². The van der Waals surface area contributed by atoms with E-state index in [9.17, 15) is 5.11 Å². The van der Waals surface area contributed by atoms with Gasteiger partial charge in [-0.1, -0.05) is 24.3 Å². The number of hydrogen-bond acceptors (Lipinski definition) is 5. The van der Waals surface area contributed by atoms with Crippen molar-refractivity contribution in [1.29, 1.82) is 0 Å². The lowest BCUT2D eigenvalue weighted by Crippen LogP contribution is -2.34. The number of aliphatic hydroxyl groups excluding tert-OH is 1. The first-order chi connectivity index (χ1) is 12.7. The molecule has 4 rings (SSSR count). The van der Waals surface area contributed by atoms with E-state index in [2.05, 4.69) is 11.0 Å². The predicted octanol–water partition coefficient (Wildman–Crippen LogP) is 3.66. The van der Waals surface area contributed by atoms with E-state index in [0.717, 1.165) is 40.9 Å². The number of ether oxygens (including phenoxy) is 1. The van der Waals surface area contributed by atoms with Crippen molar-refractivity contribution in [2.24, 2.45) is 0 Å². The molecule has 5 nitrogen and oxygen atoms in total. The predicted molar refractivity (Wildman–Crippen MR) is 104 cm³/mol. The third-order valence-electron chi connectivity index (χ3n) is 4.63. The molecule has 1 saturated carbocycles. The molecule has 0 saturated heterocycles. The lowest BCUT2D eigenvalue weighted by Gasteiger charge is -2.26. The Labute approximate surface area is 153 Å². The summed E-state index contributed by atoms with van der Waals surface area (Å²) < 4.78 is 5.34. The van der Waals surface area contributed by atoms with Gasteiger partial charge in [0.1, 0.15) is 11.6 Å². The maximum atomic E-state index is 9.99. The lowest BCUT2D eigenvalue weighted by atomic mass is 10.1. The summed E-state index contributed by atoms with van der Waals surface area (Å²) in [6.07, 6.45) is 1.86. The Bertz CT molecular complexity index is 922. The minimum Gasteiger partial charge on any atom is -0.497 e. The van der Waals surface area contributed by atoms with E-state index >= 15 is 0 Å². The van der Waals surface area contributed by atoms with Gasteiger partial charge in [-0.3, -0.25) is 0 Å². The molecule has 2 aromatic carbocycles. The minimum atomic E-state index is -0.412. The number of hydrogen-bond donors (Lipinski definition) is 1. The third kappa shape index (κ3) is 3.35. The van der Waals surface area contributed by atoms with Crippen LogP contribution in [0.25, 0.3) is 22.3 Å². The quantitative estimate of drug-likeness (QED) is 0.736. The molecular weight excluding hydrogens is 326 g/mol. The fraction of sp³-hybridized carbons (Fsp3) is 0.333. The molecule has 1 aliphatic carbocycles. The fourth-order valence-corrected chi connectivity index (χ4v) is 3.25. The average molecular weight is 349 g/mol. The van der Waals surface area contributed by atoms with Gasteiger partial charge in [-0.15, -0.1) is 0 Å². The van der Waals surface area contributed by atoms with E-state index in [1.165, 1.54) is 0 Å². The molecule has 3 aromatic rings. The molecule has 0 bridgehead atoms. The third-order valence-corrected chi connectivity index (χ3v) is 4.63. The standard InChI is InChI=1S/C21H23N3O2/c1-14(25)13-24(16-10-11-16)21-18-8-3-4-9-19(18)22-20(23-21)15-6-5-7-17(12-15)26-2/h3-9,12,14,16,25H,10-11,13H2,1-2H3/t14-/m1/s1. The van der Waals surface area contributed by atoms with Gasteiger partial charge in [-0.25, -0.2) is 9.97 Å². The van der Waals surface area contributed by atoms with Crippen LogP contribution in [0.1, 0.15) is 19.8 Å². The number of rotatable bonds is 6. The Morgan fingerprint density at radius 1 is 1.15 bits per heavy atom. The Kier molecular flexibility index (Phi) is 4.47. The summed E-state index contributed by atoms with van der Waals surface area (Å²) in [6.45, 7) is 2.39. The first-order valence-corrected chi connectivity index (χ1v) is 9.01. The molecular formula is C21H23N3O2. The van der Waals surface area contributed by atoms with Crippen LogP contribution in [-0.4, -0.2) is 40.9 Å². The topological polar surface area (TPSA) is 58.5 Å². The second kappa shape index (κ2) is 6.92. The summed E-state index contributed by atoms with van der Waals surface area (Å²) in [6, 6.07) is 16.3. The van der Waals surface area contributed by atoms with E-state index in [-0.39, 0.29) is 0 Å². The Balaban J connectivity index is 1.87. The second-order valence-corrected chi connectivity index (χ2v) is 6.85. The Hall–Kier alpha value is -2.66. The fourth-order valence-electron chi connectivity index (χ4n) is 3.25. The first kappa shape index (κ1) is 16.8. The van der Waals surface area contributed by atoms with Crippen LogP contribution in [0.2, 0.25) is 0 Å². The SMILES string of the molecule is COc1cccc(-c2nc(N(C[C@@H](C)O)C3CC3)c3ccccc3n2)c1. The van der Waals surface area contributed by atoms with Crippen molar-refractivity contribution in [3.63, 3.8) is 0 Å². The van der Waals surface area contributed by atoms with Crippen molar-refractivity contribution in [2.75, 3.05) is 18.6 Å². The molecule has 26 heavy (non-hydrogen) atoms. The summed E-state index contributed by atoms with van der Waals surface area (Å²) in [4.78, 5) is 11.9. The number of nitrogens with zero attached hydrogens (tertiary/aromatic N) is 3. The Morgan fingerprint density at radius 3 is 2.69 bits per heavy atom. The highest BCUT2D eigenvalue weighted by atomic mass is 16.5. The highest BCUT2D eigenvalue weighted by molar-refractivity contribution is 5.91. The molecule has 0 spiro atoms. The highest BCUT2D eigenvalue weighted by Crippen LogP contribution is 2.35. The number of aromatic nitrogens is 2.